The molecule has 0 saturated heterocycles. The maximum absolute atomic E-state index is 12.2. The quantitative estimate of drug-likeness (QED) is 0.0204. The number of ether oxygens (including phenoxy) is 2. The SMILES string of the molecule is CCCCCCC/C=C/CCCCCCCCC(=O)OCC[N+](C)(CCO)CCOC(=O)CCCCCCCC/C=C/CCCCCCC.COS(=O)(=O)O. The molecule has 0 bridgehead atoms. The molecule has 0 amide bonds. The van der Waals surface area contributed by atoms with Crippen molar-refractivity contribution in [3.63, 3.8) is 0 Å². The molecule has 0 aromatic heterocycles. The molecule has 0 heterocycles. The van der Waals surface area contributed by atoms with Crippen molar-refractivity contribution in [2.24, 2.45) is 0 Å². The fraction of sp³-hybridized carbons (Fsp3) is 0.864. The number of quaternary nitrogens is 1. The number of aliphatic hydroxyl groups is 1. The maximum Gasteiger partial charge on any atom is 0.397 e. The zero-order chi connectivity index (χ0) is 41.1. The molecular formula is C44H86NO9S+. The van der Waals surface area contributed by atoms with Gasteiger partial charge in [0.1, 0.15) is 32.8 Å². The Morgan fingerprint density at radius 2 is 0.818 bits per heavy atom. The molecular weight excluding hydrogens is 719 g/mol. The van der Waals surface area contributed by atoms with E-state index in [1.165, 1.54) is 141 Å². The Hall–Kier alpha value is -1.79. The Morgan fingerprint density at radius 3 is 1.11 bits per heavy atom. The summed E-state index contributed by atoms with van der Waals surface area (Å²) in [6.07, 6.45) is 42.5. The molecule has 0 spiro atoms. The van der Waals surface area contributed by atoms with Gasteiger partial charge < -0.3 is 19.1 Å². The number of hydrogen-bond donors (Lipinski definition) is 2. The normalized spacial score (nSPS) is 12.0. The van der Waals surface area contributed by atoms with Gasteiger partial charge in [-0.15, -0.1) is 0 Å². The molecule has 10 nitrogen and oxygen atoms in total. The standard InChI is InChI=1S/C43H82NO5.CH4O4S/c1-4-6-8-10-12-14-16-18-20-22-24-26-28-30-32-34-42(46)48-40-37-44(3,36-39-45)38-41-49-43(47)35-33-31-29-27-25-23-21-19-17-15-13-11-9-7-5-2;1-5-6(2,3)4/h16-19,45H,4-15,20-41H2,1-3H3;1H3,(H,2,3,4)/q+1;/b18-16+,19-17+;. The van der Waals surface area contributed by atoms with E-state index in [0.29, 0.717) is 50.2 Å². The van der Waals surface area contributed by atoms with E-state index in [2.05, 4.69) is 42.3 Å². The van der Waals surface area contributed by atoms with Gasteiger partial charge in [-0.05, 0) is 64.2 Å². The molecule has 55 heavy (non-hydrogen) atoms. The average molecular weight is 805 g/mol. The summed E-state index contributed by atoms with van der Waals surface area (Å²) in [6.45, 7) is 6.96. The zero-order valence-corrected chi connectivity index (χ0v) is 36.8. The van der Waals surface area contributed by atoms with E-state index in [1.807, 2.05) is 7.05 Å². The topological polar surface area (TPSA) is 136 Å². The molecule has 0 aliphatic heterocycles. The Labute approximate surface area is 338 Å². The molecule has 0 aromatic rings. The predicted octanol–water partition coefficient (Wildman–Crippen LogP) is 11.0. The molecule has 0 atom stereocenters. The molecule has 11 heteroatoms. The van der Waals surface area contributed by atoms with Crippen molar-refractivity contribution in [2.45, 2.75) is 194 Å². The first-order valence-electron chi connectivity index (χ1n) is 22.1. The Kier molecular flexibility index (Phi) is 42.1. The summed E-state index contributed by atoms with van der Waals surface area (Å²) >= 11 is 0. The summed E-state index contributed by atoms with van der Waals surface area (Å²) in [5.41, 5.74) is 0. The number of rotatable bonds is 39. The van der Waals surface area contributed by atoms with E-state index in [-0.39, 0.29) is 18.5 Å². The minimum atomic E-state index is -4.16. The predicted molar refractivity (Wildman–Crippen MR) is 227 cm³/mol. The second kappa shape index (κ2) is 41.8. The fourth-order valence-corrected chi connectivity index (χ4v) is 6.16. The summed E-state index contributed by atoms with van der Waals surface area (Å²) in [4.78, 5) is 24.5. The number of carbonyl (C=O) groups excluding carboxylic acids is 2. The van der Waals surface area contributed by atoms with E-state index >= 15 is 0 Å². The van der Waals surface area contributed by atoms with Crippen LogP contribution < -0.4 is 0 Å². The van der Waals surface area contributed by atoms with E-state index in [1.54, 1.807) is 0 Å². The van der Waals surface area contributed by atoms with E-state index < -0.39 is 10.4 Å². The van der Waals surface area contributed by atoms with Gasteiger partial charge in [-0.2, -0.15) is 8.42 Å². The zero-order valence-electron chi connectivity index (χ0n) is 36.0. The summed E-state index contributed by atoms with van der Waals surface area (Å²) in [6, 6.07) is 0. The van der Waals surface area contributed by atoms with Crippen molar-refractivity contribution in [1.29, 1.82) is 0 Å². The van der Waals surface area contributed by atoms with Crippen LogP contribution in [0.4, 0.5) is 0 Å². The Bertz CT molecular complexity index is 959. The van der Waals surface area contributed by atoms with Crippen LogP contribution >= 0.6 is 0 Å². The van der Waals surface area contributed by atoms with Crippen LogP contribution in [-0.2, 0) is 33.6 Å². The van der Waals surface area contributed by atoms with Gasteiger partial charge in [0.2, 0.25) is 0 Å². The van der Waals surface area contributed by atoms with Gasteiger partial charge in [0.05, 0.1) is 20.8 Å². The van der Waals surface area contributed by atoms with Gasteiger partial charge in [-0.25, -0.2) is 0 Å². The van der Waals surface area contributed by atoms with Gasteiger partial charge in [0.15, 0.2) is 0 Å². The highest BCUT2D eigenvalue weighted by molar-refractivity contribution is 7.80. The third-order valence-electron chi connectivity index (χ3n) is 9.92. The van der Waals surface area contributed by atoms with E-state index in [9.17, 15) is 23.1 Å². The van der Waals surface area contributed by atoms with Crippen molar-refractivity contribution in [3.05, 3.63) is 24.3 Å². The molecule has 326 valence electrons. The van der Waals surface area contributed by atoms with Gasteiger partial charge in [0.25, 0.3) is 0 Å². The molecule has 0 aliphatic carbocycles. The fourth-order valence-electron chi connectivity index (χ4n) is 6.16. The first kappa shape index (κ1) is 55.3. The second-order valence-electron chi connectivity index (χ2n) is 15.2. The first-order valence-corrected chi connectivity index (χ1v) is 23.5. The molecule has 2 N–H and O–H groups in total. The number of allylic oxidation sites excluding steroid dienone is 4. The highest BCUT2D eigenvalue weighted by atomic mass is 32.3. The first-order chi connectivity index (χ1) is 26.5. The number of likely N-dealkylation sites (N-methyl/N-ethyl adjacent to an activating group) is 1. The van der Waals surface area contributed by atoms with Crippen LogP contribution in [0.25, 0.3) is 0 Å². The third kappa shape index (κ3) is 46.5. The number of aliphatic hydroxyl groups excluding tert-OH is 1. The van der Waals surface area contributed by atoms with Crippen molar-refractivity contribution >= 4 is 22.3 Å². The maximum atomic E-state index is 12.2. The molecule has 0 radical (unpaired) electrons. The van der Waals surface area contributed by atoms with E-state index in [4.69, 9.17) is 14.0 Å². The third-order valence-corrected chi connectivity index (χ3v) is 10.3. The summed E-state index contributed by atoms with van der Waals surface area (Å²) < 4.78 is 41.2. The van der Waals surface area contributed by atoms with Crippen LogP contribution in [0.5, 0.6) is 0 Å². The van der Waals surface area contributed by atoms with Crippen LogP contribution in [0, 0.1) is 0 Å². The molecule has 0 saturated carbocycles. The van der Waals surface area contributed by atoms with Crippen LogP contribution in [0.3, 0.4) is 0 Å². The van der Waals surface area contributed by atoms with Gasteiger partial charge >= 0.3 is 22.3 Å². The average Bonchev–Trinajstić information content (AvgIpc) is 3.15. The van der Waals surface area contributed by atoms with Crippen LogP contribution in [-0.4, -0.2) is 88.1 Å². The van der Waals surface area contributed by atoms with Crippen LogP contribution in [0.1, 0.15) is 194 Å². The van der Waals surface area contributed by atoms with Crippen LogP contribution in [0.2, 0.25) is 0 Å². The lowest BCUT2D eigenvalue weighted by Gasteiger charge is -2.33. The lowest BCUT2D eigenvalue weighted by Crippen LogP contribution is -2.50. The number of esters is 2. The molecule has 0 rings (SSSR count). The molecule has 0 unspecified atom stereocenters. The molecule has 0 aliphatic rings. The highest BCUT2D eigenvalue weighted by Crippen LogP contribution is 2.13. The smallest absolute Gasteiger partial charge is 0.397 e. The minimum absolute atomic E-state index is 0.0449. The molecule has 0 aromatic carbocycles. The number of unbranched alkanes of at least 4 members (excludes halogenated alkanes) is 22. The van der Waals surface area contributed by atoms with Crippen molar-refractivity contribution in [1.82, 2.24) is 0 Å². The lowest BCUT2D eigenvalue weighted by atomic mass is 10.1. The number of hydrogen-bond acceptors (Lipinski definition) is 8. The van der Waals surface area contributed by atoms with E-state index in [0.717, 1.165) is 32.8 Å². The van der Waals surface area contributed by atoms with Crippen molar-refractivity contribution < 1.29 is 45.8 Å². The Morgan fingerprint density at radius 1 is 0.527 bits per heavy atom. The number of nitrogens with zero attached hydrogens (tertiary/aromatic N) is 1. The molecule has 0 fully saturated rings. The highest BCUT2D eigenvalue weighted by Gasteiger charge is 2.22. The van der Waals surface area contributed by atoms with Gasteiger partial charge in [-0.3, -0.25) is 18.3 Å². The minimum Gasteiger partial charge on any atom is -0.460 e. The lowest BCUT2D eigenvalue weighted by molar-refractivity contribution is -0.910. The van der Waals surface area contributed by atoms with Crippen molar-refractivity contribution in [3.8, 4) is 0 Å². The van der Waals surface area contributed by atoms with Crippen LogP contribution in [0.15, 0.2) is 24.3 Å². The monoisotopic (exact) mass is 805 g/mol. The largest absolute Gasteiger partial charge is 0.460 e. The van der Waals surface area contributed by atoms with Gasteiger partial charge in [-0.1, -0.05) is 141 Å². The van der Waals surface area contributed by atoms with Crippen molar-refractivity contribution in [2.75, 3.05) is 53.6 Å². The summed E-state index contributed by atoms with van der Waals surface area (Å²) in [7, 11) is -1.27. The summed E-state index contributed by atoms with van der Waals surface area (Å²) in [5, 5.41) is 9.59. The summed E-state index contributed by atoms with van der Waals surface area (Å²) in [5.74, 6) is -0.274. The second-order valence-corrected chi connectivity index (χ2v) is 16.4. The Balaban J connectivity index is 0. The number of carbonyl (C=O) groups is 2. The van der Waals surface area contributed by atoms with Gasteiger partial charge in [0, 0.05) is 12.8 Å².